The van der Waals surface area contributed by atoms with Crippen molar-refractivity contribution in [2.24, 2.45) is 0 Å². The Morgan fingerprint density at radius 2 is 1.77 bits per heavy atom. The van der Waals surface area contributed by atoms with Crippen molar-refractivity contribution >= 4 is 21.6 Å². The van der Waals surface area contributed by atoms with Gasteiger partial charge in [-0.2, -0.15) is 0 Å². The molecular formula is C22H28N2O6S. The van der Waals surface area contributed by atoms with Gasteiger partial charge in [0.1, 0.15) is 25.0 Å². The van der Waals surface area contributed by atoms with Gasteiger partial charge in [-0.1, -0.05) is 12.1 Å². The molecule has 9 heteroatoms. The highest BCUT2D eigenvalue weighted by atomic mass is 32.2. The summed E-state index contributed by atoms with van der Waals surface area (Å²) in [5, 5.41) is 2.89. The lowest BCUT2D eigenvalue weighted by atomic mass is 10.1. The third-order valence-electron chi connectivity index (χ3n) is 5.09. The van der Waals surface area contributed by atoms with E-state index in [9.17, 15) is 13.2 Å². The van der Waals surface area contributed by atoms with Crippen molar-refractivity contribution in [1.29, 1.82) is 0 Å². The van der Waals surface area contributed by atoms with Crippen LogP contribution in [-0.4, -0.2) is 46.9 Å². The summed E-state index contributed by atoms with van der Waals surface area (Å²) in [6.07, 6.45) is 1.07. The minimum absolute atomic E-state index is 0.319. The van der Waals surface area contributed by atoms with Crippen LogP contribution in [0.25, 0.3) is 0 Å². The fraction of sp³-hybridized carbons (Fsp3) is 0.409. The van der Waals surface area contributed by atoms with Crippen LogP contribution in [0.3, 0.4) is 0 Å². The average Bonchev–Trinajstić information content (AvgIpc) is 2.72. The van der Waals surface area contributed by atoms with Gasteiger partial charge in [0.2, 0.25) is 15.9 Å². The average molecular weight is 449 g/mol. The van der Waals surface area contributed by atoms with E-state index in [1.165, 1.54) is 7.11 Å². The molecule has 8 nitrogen and oxygen atoms in total. The van der Waals surface area contributed by atoms with Gasteiger partial charge < -0.3 is 19.5 Å². The van der Waals surface area contributed by atoms with Crippen LogP contribution in [0.1, 0.15) is 31.0 Å². The van der Waals surface area contributed by atoms with E-state index in [0.717, 1.165) is 21.7 Å². The molecule has 0 unspecified atom stereocenters. The van der Waals surface area contributed by atoms with Crippen molar-refractivity contribution in [1.82, 2.24) is 5.32 Å². The van der Waals surface area contributed by atoms with E-state index < -0.39 is 22.0 Å². The zero-order chi connectivity index (χ0) is 22.8. The predicted molar refractivity (Wildman–Crippen MR) is 119 cm³/mol. The normalized spacial score (nSPS) is 15.0. The number of nitrogens with one attached hydrogen (secondary N) is 1. The number of benzene rings is 2. The van der Waals surface area contributed by atoms with E-state index in [1.54, 1.807) is 25.1 Å². The van der Waals surface area contributed by atoms with E-state index in [0.29, 0.717) is 36.1 Å². The maximum atomic E-state index is 13.0. The van der Waals surface area contributed by atoms with Gasteiger partial charge in [-0.25, -0.2) is 8.42 Å². The van der Waals surface area contributed by atoms with Crippen molar-refractivity contribution in [3.63, 3.8) is 0 Å². The number of fused-ring (bicyclic) bond motifs is 1. The smallest absolute Gasteiger partial charge is 0.244 e. The monoisotopic (exact) mass is 448 g/mol. The molecule has 1 N–H and O–H groups in total. The van der Waals surface area contributed by atoms with Gasteiger partial charge in [-0.15, -0.1) is 0 Å². The molecule has 168 valence electrons. The third kappa shape index (κ3) is 5.04. The van der Waals surface area contributed by atoms with E-state index in [4.69, 9.17) is 14.2 Å². The lowest BCUT2D eigenvalue weighted by molar-refractivity contribution is -0.122. The predicted octanol–water partition coefficient (Wildman–Crippen LogP) is 2.81. The Labute approximate surface area is 183 Å². The standard InChI is InChI=1S/C22H28N2O6S/c1-14-6-8-19(28-4)18(12-14)24(31(5,26)27)16(3)22(25)23-15(2)17-7-9-20-21(13-17)30-11-10-29-20/h6-9,12-13,15-16H,10-11H2,1-5H3,(H,23,25)/t15-,16-/m1/s1. The Hall–Kier alpha value is -2.94. The van der Waals surface area contributed by atoms with E-state index in [2.05, 4.69) is 5.32 Å². The molecule has 2 aromatic carbocycles. The molecule has 2 atom stereocenters. The number of amides is 1. The second-order valence-corrected chi connectivity index (χ2v) is 9.40. The molecule has 1 amide bonds. The molecule has 0 fully saturated rings. The number of ether oxygens (including phenoxy) is 3. The molecule has 0 saturated heterocycles. The molecular weight excluding hydrogens is 420 g/mol. The minimum atomic E-state index is -3.77. The highest BCUT2D eigenvalue weighted by Gasteiger charge is 2.32. The molecule has 31 heavy (non-hydrogen) atoms. The first-order chi connectivity index (χ1) is 14.6. The van der Waals surface area contributed by atoms with Crippen LogP contribution < -0.4 is 23.8 Å². The summed E-state index contributed by atoms with van der Waals surface area (Å²) in [6.45, 7) is 6.19. The number of nitrogens with zero attached hydrogens (tertiary/aromatic N) is 1. The van der Waals surface area contributed by atoms with Gasteiger partial charge in [0.15, 0.2) is 11.5 Å². The number of carbonyl (C=O) groups is 1. The SMILES string of the molecule is COc1ccc(C)cc1N([C@H](C)C(=O)N[C@H](C)c1ccc2c(c1)OCCO2)S(C)(=O)=O. The van der Waals surface area contributed by atoms with Crippen LogP contribution in [-0.2, 0) is 14.8 Å². The summed E-state index contributed by atoms with van der Waals surface area (Å²) in [7, 11) is -2.31. The van der Waals surface area contributed by atoms with E-state index in [-0.39, 0.29) is 6.04 Å². The number of rotatable bonds is 7. The zero-order valence-corrected chi connectivity index (χ0v) is 19.2. The number of hydrogen-bond donors (Lipinski definition) is 1. The number of carbonyl (C=O) groups excluding carboxylic acids is 1. The van der Waals surface area contributed by atoms with E-state index >= 15 is 0 Å². The highest BCUT2D eigenvalue weighted by Crippen LogP contribution is 2.34. The molecule has 0 aliphatic carbocycles. The van der Waals surface area contributed by atoms with Gasteiger partial charge in [0.25, 0.3) is 0 Å². The first-order valence-corrected chi connectivity index (χ1v) is 11.8. The molecule has 0 saturated carbocycles. The summed E-state index contributed by atoms with van der Waals surface area (Å²) < 4.78 is 42.8. The van der Waals surface area contributed by atoms with Gasteiger partial charge in [-0.3, -0.25) is 9.10 Å². The van der Waals surface area contributed by atoms with Crippen molar-refractivity contribution in [3.8, 4) is 17.2 Å². The molecule has 3 rings (SSSR count). The fourth-order valence-electron chi connectivity index (χ4n) is 3.50. The van der Waals surface area contributed by atoms with Crippen molar-refractivity contribution in [2.75, 3.05) is 30.9 Å². The molecule has 1 heterocycles. The largest absolute Gasteiger partial charge is 0.495 e. The lowest BCUT2D eigenvalue weighted by Crippen LogP contribution is -2.48. The Bertz CT molecular complexity index is 1070. The summed E-state index contributed by atoms with van der Waals surface area (Å²) in [5.41, 5.74) is 1.99. The Morgan fingerprint density at radius 3 is 2.42 bits per heavy atom. The zero-order valence-electron chi connectivity index (χ0n) is 18.3. The number of aryl methyl sites for hydroxylation is 1. The summed E-state index contributed by atoms with van der Waals surface area (Å²) in [5.74, 6) is 1.23. The molecule has 0 radical (unpaired) electrons. The van der Waals surface area contributed by atoms with Gasteiger partial charge in [0.05, 0.1) is 25.1 Å². The highest BCUT2D eigenvalue weighted by molar-refractivity contribution is 7.92. The minimum Gasteiger partial charge on any atom is -0.495 e. The van der Waals surface area contributed by atoms with Gasteiger partial charge in [0, 0.05) is 0 Å². The summed E-state index contributed by atoms with van der Waals surface area (Å²) >= 11 is 0. The number of sulfonamides is 1. The summed E-state index contributed by atoms with van der Waals surface area (Å²) in [4.78, 5) is 13.0. The van der Waals surface area contributed by atoms with Gasteiger partial charge >= 0.3 is 0 Å². The number of hydrogen-bond acceptors (Lipinski definition) is 6. The summed E-state index contributed by atoms with van der Waals surface area (Å²) in [6, 6.07) is 9.30. The lowest BCUT2D eigenvalue weighted by Gasteiger charge is -2.30. The maximum Gasteiger partial charge on any atom is 0.244 e. The van der Waals surface area contributed by atoms with Crippen LogP contribution in [0.5, 0.6) is 17.2 Å². The first-order valence-electron chi connectivity index (χ1n) is 9.95. The molecule has 1 aliphatic rings. The van der Waals surface area contributed by atoms with E-state index in [1.807, 2.05) is 32.0 Å². The fourth-order valence-corrected chi connectivity index (χ4v) is 4.67. The number of methoxy groups -OCH3 is 1. The third-order valence-corrected chi connectivity index (χ3v) is 6.31. The Morgan fingerprint density at radius 1 is 1.10 bits per heavy atom. The quantitative estimate of drug-likeness (QED) is 0.700. The molecule has 0 spiro atoms. The first kappa shape index (κ1) is 22.7. The molecule has 1 aliphatic heterocycles. The van der Waals surface area contributed by atoms with Crippen molar-refractivity contribution < 1.29 is 27.4 Å². The number of anilines is 1. The van der Waals surface area contributed by atoms with Crippen LogP contribution >= 0.6 is 0 Å². The molecule has 2 aromatic rings. The topological polar surface area (TPSA) is 94.2 Å². The maximum absolute atomic E-state index is 13.0. The van der Waals surface area contributed by atoms with Crippen LogP contribution in [0.15, 0.2) is 36.4 Å². The Balaban J connectivity index is 1.85. The molecule has 0 aromatic heterocycles. The Kier molecular flexibility index (Phi) is 6.64. The van der Waals surface area contributed by atoms with Crippen LogP contribution in [0, 0.1) is 6.92 Å². The second kappa shape index (κ2) is 9.05. The van der Waals surface area contributed by atoms with Crippen LogP contribution in [0.2, 0.25) is 0 Å². The van der Waals surface area contributed by atoms with Crippen molar-refractivity contribution in [3.05, 3.63) is 47.5 Å². The van der Waals surface area contributed by atoms with Gasteiger partial charge in [-0.05, 0) is 56.2 Å². The van der Waals surface area contributed by atoms with Crippen LogP contribution in [0.4, 0.5) is 5.69 Å². The van der Waals surface area contributed by atoms with Crippen molar-refractivity contribution in [2.45, 2.75) is 32.9 Å². The second-order valence-electron chi connectivity index (χ2n) is 7.54. The molecule has 0 bridgehead atoms.